The minimum Gasteiger partial charge on any atom is -0.490 e. The quantitative estimate of drug-likeness (QED) is 0.635. The molecule has 0 spiro atoms. The van der Waals surface area contributed by atoms with Gasteiger partial charge < -0.3 is 15.3 Å². The van der Waals surface area contributed by atoms with Crippen molar-refractivity contribution in [2.75, 3.05) is 20.2 Å². The normalized spacial score (nSPS) is 15.5. The van der Waals surface area contributed by atoms with Crippen molar-refractivity contribution in [1.29, 1.82) is 0 Å². The average molecular weight is 420 g/mol. The average Bonchev–Trinajstić information content (AvgIpc) is 2.76. The van der Waals surface area contributed by atoms with E-state index >= 15 is 0 Å². The summed E-state index contributed by atoms with van der Waals surface area (Å²) >= 11 is 0. The predicted octanol–water partition coefficient (Wildman–Crippen LogP) is 4.58. The molecule has 3 rings (SSSR count). The number of hydrogen-bond donors (Lipinski definition) is 1. The molecule has 2 N–H and O–H groups in total. The Morgan fingerprint density at radius 1 is 1.00 bits per heavy atom. The van der Waals surface area contributed by atoms with E-state index in [1.165, 1.54) is 16.2 Å². The van der Waals surface area contributed by atoms with Crippen molar-refractivity contribution in [2.24, 2.45) is 16.6 Å². The van der Waals surface area contributed by atoms with E-state index < -0.39 is 0 Å². The summed E-state index contributed by atoms with van der Waals surface area (Å²) in [4.78, 5) is 10.5. The fourth-order valence-electron chi connectivity index (χ4n) is 3.41. The van der Waals surface area contributed by atoms with Crippen LogP contribution in [0.5, 0.6) is 11.5 Å². The highest BCUT2D eigenvalue weighted by Crippen LogP contribution is 2.29. The first-order valence-electron chi connectivity index (χ1n) is 11.1. The Labute approximate surface area is 186 Å². The largest absolute Gasteiger partial charge is 0.490 e. The number of rotatable bonds is 0. The van der Waals surface area contributed by atoms with E-state index in [9.17, 15) is 0 Å². The topological polar surface area (TPSA) is 60.1 Å². The van der Waals surface area contributed by atoms with Crippen LogP contribution in [0.25, 0.3) is 0 Å². The van der Waals surface area contributed by atoms with Gasteiger partial charge in [0.1, 0.15) is 0 Å². The van der Waals surface area contributed by atoms with Gasteiger partial charge in [0.15, 0.2) is 11.5 Å². The van der Waals surface area contributed by atoms with E-state index in [1.54, 1.807) is 7.05 Å². The lowest BCUT2D eigenvalue weighted by atomic mass is 9.98. The van der Waals surface area contributed by atoms with Crippen molar-refractivity contribution in [3.05, 3.63) is 59.2 Å². The molecule has 0 aliphatic carbocycles. The molecule has 5 heteroatoms. The van der Waals surface area contributed by atoms with E-state index in [0.29, 0.717) is 36.5 Å². The molecule has 1 aliphatic heterocycles. The summed E-state index contributed by atoms with van der Waals surface area (Å²) in [6.07, 6.45) is 5.05. The van der Waals surface area contributed by atoms with Gasteiger partial charge in [0.2, 0.25) is 5.96 Å². The van der Waals surface area contributed by atoms with Crippen LogP contribution in [-0.2, 0) is 12.8 Å². The van der Waals surface area contributed by atoms with E-state index in [1.807, 2.05) is 18.2 Å². The molecule has 0 radical (unpaired) electrons. The Hall–Kier alpha value is -3.13. The number of ether oxygens (including phenoxy) is 1. The van der Waals surface area contributed by atoms with Crippen molar-refractivity contribution < 1.29 is 9.57 Å². The monoisotopic (exact) mass is 419 g/mol. The van der Waals surface area contributed by atoms with E-state index in [2.05, 4.69) is 54.9 Å². The molecule has 2 aromatic rings. The molecule has 5 nitrogen and oxygen atoms in total. The van der Waals surface area contributed by atoms with Crippen molar-refractivity contribution in [3.63, 3.8) is 0 Å². The third-order valence-corrected chi connectivity index (χ3v) is 5.10. The number of hydrogen-bond acceptors (Lipinski definition) is 5. The van der Waals surface area contributed by atoms with Crippen molar-refractivity contribution in [3.8, 4) is 23.3 Å². The van der Waals surface area contributed by atoms with Crippen LogP contribution in [0.3, 0.4) is 0 Å². The molecule has 164 valence electrons. The van der Waals surface area contributed by atoms with E-state index in [-0.39, 0.29) is 0 Å². The van der Waals surface area contributed by atoms with Crippen LogP contribution in [0.2, 0.25) is 0 Å². The van der Waals surface area contributed by atoms with Crippen molar-refractivity contribution in [2.45, 2.75) is 46.0 Å². The van der Waals surface area contributed by atoms with Gasteiger partial charge in [-0.1, -0.05) is 50.0 Å². The molecule has 0 atom stereocenters. The second kappa shape index (κ2) is 11.3. The van der Waals surface area contributed by atoms with Crippen LogP contribution in [0.4, 0.5) is 0 Å². The fourth-order valence-corrected chi connectivity index (χ4v) is 3.41. The molecule has 0 fully saturated rings. The highest BCUT2D eigenvalue weighted by molar-refractivity contribution is 5.77. The van der Waals surface area contributed by atoms with Crippen LogP contribution in [0.15, 0.2) is 47.5 Å². The minimum atomic E-state index is 0.300. The van der Waals surface area contributed by atoms with Crippen LogP contribution in [-0.4, -0.2) is 31.2 Å². The van der Waals surface area contributed by atoms with Gasteiger partial charge in [-0.05, 0) is 55.4 Å². The van der Waals surface area contributed by atoms with Crippen molar-refractivity contribution in [1.82, 2.24) is 5.06 Å². The molecule has 31 heavy (non-hydrogen) atoms. The Kier molecular flexibility index (Phi) is 8.23. The standard InChI is InChI=1S/C26H33N3O2/c1-20(2)13-14-21-15-16-24-25(19-21)31-29(3)26(27)28-17-8-12-23-10-5-4-9-22(23)11-6-7-18-30-24/h4-5,9-10,15-16,19-20H,6-8,11-12,17-18H2,1-3H3,(H2,27,28). The summed E-state index contributed by atoms with van der Waals surface area (Å²) in [6, 6.07) is 14.4. The molecule has 0 aromatic heterocycles. The van der Waals surface area contributed by atoms with Crippen LogP contribution >= 0.6 is 0 Å². The molecule has 0 saturated heterocycles. The van der Waals surface area contributed by atoms with Crippen LogP contribution in [0, 0.1) is 17.8 Å². The Bertz CT molecular complexity index is 957. The fraction of sp³-hybridized carbons (Fsp3) is 0.423. The number of hydroxylamine groups is 2. The van der Waals surface area contributed by atoms with Gasteiger partial charge >= 0.3 is 0 Å². The maximum atomic E-state index is 6.15. The molecule has 0 unspecified atom stereocenters. The van der Waals surface area contributed by atoms with Crippen molar-refractivity contribution >= 4 is 5.96 Å². The molecule has 0 bridgehead atoms. The lowest BCUT2D eigenvalue weighted by Gasteiger charge is -2.21. The number of aliphatic imine (C=N–C) groups is 1. The Morgan fingerprint density at radius 2 is 1.74 bits per heavy atom. The lowest BCUT2D eigenvalue weighted by Crippen LogP contribution is -2.37. The van der Waals surface area contributed by atoms with Gasteiger partial charge in [-0.2, -0.15) is 5.06 Å². The van der Waals surface area contributed by atoms with Gasteiger partial charge in [0, 0.05) is 31.1 Å². The third kappa shape index (κ3) is 6.96. The molecular weight excluding hydrogens is 386 g/mol. The molecule has 1 aliphatic rings. The zero-order chi connectivity index (χ0) is 22.1. The number of nitrogens with zero attached hydrogens (tertiary/aromatic N) is 2. The Morgan fingerprint density at radius 3 is 2.48 bits per heavy atom. The number of guanidine groups is 1. The minimum absolute atomic E-state index is 0.300. The summed E-state index contributed by atoms with van der Waals surface area (Å²) < 4.78 is 6.06. The number of benzene rings is 2. The highest BCUT2D eigenvalue weighted by atomic mass is 16.7. The number of fused-ring (bicyclic) bond motifs is 2. The molecular formula is C26H33N3O2. The van der Waals surface area contributed by atoms with Gasteiger partial charge in [-0.3, -0.25) is 4.99 Å². The highest BCUT2D eigenvalue weighted by Gasteiger charge is 2.12. The summed E-state index contributed by atoms with van der Waals surface area (Å²) in [5.74, 6) is 8.28. The summed E-state index contributed by atoms with van der Waals surface area (Å²) in [5.41, 5.74) is 9.85. The smallest absolute Gasteiger partial charge is 0.224 e. The zero-order valence-electron chi connectivity index (χ0n) is 18.9. The first kappa shape index (κ1) is 22.6. The first-order valence-corrected chi connectivity index (χ1v) is 11.1. The second-order valence-corrected chi connectivity index (χ2v) is 8.09. The van der Waals surface area contributed by atoms with Gasteiger partial charge in [-0.15, -0.1) is 0 Å². The molecule has 2 aromatic carbocycles. The lowest BCUT2D eigenvalue weighted by molar-refractivity contribution is 0.0412. The third-order valence-electron chi connectivity index (χ3n) is 5.10. The molecule has 1 heterocycles. The van der Waals surface area contributed by atoms with Crippen LogP contribution < -0.4 is 15.3 Å². The van der Waals surface area contributed by atoms with Crippen LogP contribution in [0.1, 0.15) is 49.8 Å². The maximum absolute atomic E-state index is 6.15. The maximum Gasteiger partial charge on any atom is 0.224 e. The Balaban J connectivity index is 1.81. The molecule has 0 amide bonds. The van der Waals surface area contributed by atoms with Gasteiger partial charge in [0.25, 0.3) is 0 Å². The summed E-state index contributed by atoms with van der Waals surface area (Å²) in [5, 5.41) is 1.49. The number of aryl methyl sites for hydroxylation is 2. The second-order valence-electron chi connectivity index (χ2n) is 8.09. The first-order chi connectivity index (χ1) is 15.0. The molecule has 0 saturated carbocycles. The number of nitrogens with two attached hydrogens (primary N) is 1. The van der Waals surface area contributed by atoms with E-state index in [0.717, 1.165) is 37.7 Å². The zero-order valence-corrected chi connectivity index (χ0v) is 18.9. The summed E-state index contributed by atoms with van der Waals surface area (Å²) in [6.45, 7) is 5.42. The van der Waals surface area contributed by atoms with E-state index in [4.69, 9.17) is 15.3 Å². The van der Waals surface area contributed by atoms with Gasteiger partial charge in [0.05, 0.1) is 6.61 Å². The summed E-state index contributed by atoms with van der Waals surface area (Å²) in [7, 11) is 1.76. The SMILES string of the molecule is CC(C)C#Cc1ccc2c(c1)ON(C)C(N)=NCCCc1ccccc1CCCCO2. The predicted molar refractivity (Wildman–Crippen MR) is 126 cm³/mol. The van der Waals surface area contributed by atoms with Gasteiger partial charge in [-0.25, -0.2) is 0 Å².